The number of hydrogen-bond donors (Lipinski definition) is 1. The van der Waals surface area contributed by atoms with Gasteiger partial charge in [-0.1, -0.05) is 42.0 Å². The average Bonchev–Trinajstić information content (AvgIpc) is 3.18. The second-order valence-electron chi connectivity index (χ2n) is 6.76. The van der Waals surface area contributed by atoms with E-state index in [2.05, 4.69) is 59.0 Å². The smallest absolute Gasteiger partial charge is 0.258 e. The number of pyridine rings is 1. The van der Waals surface area contributed by atoms with Crippen LogP contribution in [-0.4, -0.2) is 9.38 Å². The molecule has 3 aromatic heterocycles. The SMILES string of the molecule is Cc1ccc([C@H](NCc2cc(=O)n3cc(C)ccc3n2)c2cccs2)cc1. The van der Waals surface area contributed by atoms with Crippen molar-refractivity contribution in [3.63, 3.8) is 0 Å². The van der Waals surface area contributed by atoms with Crippen molar-refractivity contribution in [2.24, 2.45) is 0 Å². The van der Waals surface area contributed by atoms with E-state index in [0.29, 0.717) is 12.2 Å². The Balaban J connectivity index is 1.63. The van der Waals surface area contributed by atoms with Crippen LogP contribution in [0.15, 0.2) is 71.0 Å². The summed E-state index contributed by atoms with van der Waals surface area (Å²) in [5.41, 5.74) is 4.85. The molecular weight excluding hydrogens is 354 g/mol. The molecule has 0 bridgehead atoms. The number of benzene rings is 1. The molecule has 0 radical (unpaired) electrons. The van der Waals surface area contributed by atoms with Crippen molar-refractivity contribution in [2.75, 3.05) is 0 Å². The number of fused-ring (bicyclic) bond motifs is 1. The highest BCUT2D eigenvalue weighted by Gasteiger charge is 2.15. The first-order valence-electron chi connectivity index (χ1n) is 8.92. The molecule has 0 aliphatic heterocycles. The van der Waals surface area contributed by atoms with Gasteiger partial charge < -0.3 is 0 Å². The highest BCUT2D eigenvalue weighted by Crippen LogP contribution is 2.26. The summed E-state index contributed by atoms with van der Waals surface area (Å²) in [6, 6.07) is 18.3. The molecule has 4 aromatic rings. The maximum atomic E-state index is 12.4. The molecule has 0 saturated heterocycles. The zero-order valence-corrected chi connectivity index (χ0v) is 16.2. The lowest BCUT2D eigenvalue weighted by Gasteiger charge is -2.18. The minimum atomic E-state index is -0.0523. The number of rotatable bonds is 5. The zero-order chi connectivity index (χ0) is 18.8. The molecule has 4 nitrogen and oxygen atoms in total. The van der Waals surface area contributed by atoms with E-state index >= 15 is 0 Å². The van der Waals surface area contributed by atoms with Crippen molar-refractivity contribution < 1.29 is 0 Å². The standard InChI is InChI=1S/C22H21N3OS/c1-15-5-8-17(9-6-15)22(19-4-3-11-27-19)23-13-18-12-21(26)25-14-16(2)7-10-20(25)24-18/h3-12,14,22-23H,13H2,1-2H3/t22-/m0/s1. The molecule has 5 heteroatoms. The van der Waals surface area contributed by atoms with Crippen LogP contribution in [-0.2, 0) is 6.54 Å². The predicted molar refractivity (Wildman–Crippen MR) is 110 cm³/mol. The van der Waals surface area contributed by atoms with Crippen molar-refractivity contribution in [1.82, 2.24) is 14.7 Å². The number of nitrogens with zero attached hydrogens (tertiary/aromatic N) is 2. The average molecular weight is 375 g/mol. The molecule has 0 spiro atoms. The topological polar surface area (TPSA) is 46.4 Å². The van der Waals surface area contributed by atoms with Gasteiger partial charge in [0.1, 0.15) is 5.65 Å². The molecule has 0 unspecified atom stereocenters. The summed E-state index contributed by atoms with van der Waals surface area (Å²) in [5.74, 6) is 0. The van der Waals surface area contributed by atoms with Gasteiger partial charge in [-0.3, -0.25) is 14.5 Å². The number of thiophene rings is 1. The molecule has 136 valence electrons. The summed E-state index contributed by atoms with van der Waals surface area (Å²) < 4.78 is 1.59. The summed E-state index contributed by atoms with van der Waals surface area (Å²) in [6.07, 6.45) is 1.82. The molecule has 0 fully saturated rings. The third kappa shape index (κ3) is 3.84. The van der Waals surface area contributed by atoms with Gasteiger partial charge in [0.15, 0.2) is 0 Å². The van der Waals surface area contributed by atoms with Gasteiger partial charge in [-0.05, 0) is 42.5 Å². The van der Waals surface area contributed by atoms with E-state index in [9.17, 15) is 4.79 Å². The lowest BCUT2D eigenvalue weighted by atomic mass is 10.0. The second kappa shape index (κ2) is 7.47. The minimum absolute atomic E-state index is 0.0523. The molecule has 0 aliphatic carbocycles. The zero-order valence-electron chi connectivity index (χ0n) is 15.3. The molecule has 0 aliphatic rings. The fourth-order valence-corrected chi connectivity index (χ4v) is 3.98. The number of aromatic nitrogens is 2. The van der Waals surface area contributed by atoms with Crippen LogP contribution in [0.2, 0.25) is 0 Å². The lowest BCUT2D eigenvalue weighted by molar-refractivity contribution is 0.604. The van der Waals surface area contributed by atoms with Crippen molar-refractivity contribution in [3.8, 4) is 0 Å². The van der Waals surface area contributed by atoms with Gasteiger partial charge in [-0.2, -0.15) is 0 Å². The highest BCUT2D eigenvalue weighted by atomic mass is 32.1. The molecule has 0 amide bonds. The quantitative estimate of drug-likeness (QED) is 0.567. The van der Waals surface area contributed by atoms with Crippen molar-refractivity contribution in [3.05, 3.63) is 104 Å². The third-order valence-electron chi connectivity index (χ3n) is 4.59. The predicted octanol–water partition coefficient (Wildman–Crippen LogP) is 4.25. The van der Waals surface area contributed by atoms with Gasteiger partial charge in [-0.25, -0.2) is 4.98 Å². The Kier molecular flexibility index (Phi) is 4.88. The first kappa shape index (κ1) is 17.6. The first-order chi connectivity index (χ1) is 13.1. The fourth-order valence-electron chi connectivity index (χ4n) is 3.15. The molecule has 3 heterocycles. The maximum Gasteiger partial charge on any atom is 0.258 e. The molecular formula is C22H21N3OS. The van der Waals surface area contributed by atoms with E-state index in [-0.39, 0.29) is 11.6 Å². The number of aryl methyl sites for hydroxylation is 2. The van der Waals surface area contributed by atoms with E-state index in [1.807, 2.05) is 25.3 Å². The molecule has 1 atom stereocenters. The Morgan fingerprint density at radius 2 is 1.85 bits per heavy atom. The first-order valence-corrected chi connectivity index (χ1v) is 9.80. The highest BCUT2D eigenvalue weighted by molar-refractivity contribution is 7.10. The normalized spacial score (nSPS) is 12.4. The number of hydrogen-bond acceptors (Lipinski definition) is 4. The molecule has 1 N–H and O–H groups in total. The van der Waals surface area contributed by atoms with E-state index < -0.39 is 0 Å². The fraction of sp³-hybridized carbons (Fsp3) is 0.182. The summed E-state index contributed by atoms with van der Waals surface area (Å²) in [4.78, 5) is 18.3. The van der Waals surface area contributed by atoms with Crippen molar-refractivity contribution in [1.29, 1.82) is 0 Å². The Hall–Kier alpha value is -2.76. The third-order valence-corrected chi connectivity index (χ3v) is 5.52. The van der Waals surface area contributed by atoms with Crippen LogP contribution in [0.25, 0.3) is 5.65 Å². The molecule has 0 saturated carbocycles. The monoisotopic (exact) mass is 375 g/mol. The summed E-state index contributed by atoms with van der Waals surface area (Å²) in [6.45, 7) is 4.58. The Labute approximate surface area is 162 Å². The van der Waals surface area contributed by atoms with Crippen LogP contribution in [0.1, 0.15) is 33.3 Å². The Bertz CT molecular complexity index is 1110. The van der Waals surface area contributed by atoms with Gasteiger partial charge in [-0.15, -0.1) is 11.3 Å². The summed E-state index contributed by atoms with van der Waals surface area (Å²) in [7, 11) is 0. The van der Waals surface area contributed by atoms with Crippen LogP contribution in [0.5, 0.6) is 0 Å². The number of nitrogens with one attached hydrogen (secondary N) is 1. The van der Waals surface area contributed by atoms with Crippen LogP contribution >= 0.6 is 11.3 Å². The lowest BCUT2D eigenvalue weighted by Crippen LogP contribution is -2.24. The molecule has 4 rings (SSSR count). The Morgan fingerprint density at radius 3 is 2.59 bits per heavy atom. The van der Waals surface area contributed by atoms with Gasteiger partial charge in [0.05, 0.1) is 11.7 Å². The van der Waals surface area contributed by atoms with E-state index in [1.165, 1.54) is 16.0 Å². The second-order valence-corrected chi connectivity index (χ2v) is 7.74. The minimum Gasteiger partial charge on any atom is -0.300 e. The Morgan fingerprint density at radius 1 is 1.07 bits per heavy atom. The van der Waals surface area contributed by atoms with Gasteiger partial charge in [0.2, 0.25) is 0 Å². The summed E-state index contributed by atoms with van der Waals surface area (Å²) in [5, 5.41) is 5.66. The van der Waals surface area contributed by atoms with Gasteiger partial charge in [0.25, 0.3) is 5.56 Å². The van der Waals surface area contributed by atoms with Crippen molar-refractivity contribution in [2.45, 2.75) is 26.4 Å². The van der Waals surface area contributed by atoms with E-state index in [1.54, 1.807) is 21.8 Å². The van der Waals surface area contributed by atoms with Gasteiger partial charge in [0, 0.05) is 23.7 Å². The largest absolute Gasteiger partial charge is 0.300 e. The molecule has 27 heavy (non-hydrogen) atoms. The van der Waals surface area contributed by atoms with Crippen LogP contribution in [0.3, 0.4) is 0 Å². The summed E-state index contributed by atoms with van der Waals surface area (Å²) >= 11 is 1.72. The van der Waals surface area contributed by atoms with E-state index in [0.717, 1.165) is 11.3 Å². The van der Waals surface area contributed by atoms with Crippen LogP contribution < -0.4 is 10.9 Å². The van der Waals surface area contributed by atoms with Crippen LogP contribution in [0, 0.1) is 13.8 Å². The van der Waals surface area contributed by atoms with Gasteiger partial charge >= 0.3 is 0 Å². The van der Waals surface area contributed by atoms with Crippen molar-refractivity contribution >= 4 is 17.0 Å². The van der Waals surface area contributed by atoms with E-state index in [4.69, 9.17) is 0 Å². The van der Waals surface area contributed by atoms with Crippen LogP contribution in [0.4, 0.5) is 0 Å². The molecule has 1 aromatic carbocycles. The maximum absolute atomic E-state index is 12.4.